The smallest absolute Gasteiger partial charge is 0.416 e. The van der Waals surface area contributed by atoms with Gasteiger partial charge in [0.15, 0.2) is 5.65 Å². The topological polar surface area (TPSA) is 128 Å². The quantitative estimate of drug-likeness (QED) is 0.306. The Morgan fingerprint density at radius 2 is 1.71 bits per heavy atom. The number of anilines is 2. The second-order valence-corrected chi connectivity index (χ2v) is 11.1. The number of rotatable bonds is 4. The van der Waals surface area contributed by atoms with Crippen LogP contribution in [0.2, 0.25) is 0 Å². The van der Waals surface area contributed by atoms with Crippen LogP contribution in [0.4, 0.5) is 29.5 Å². The molecular formula is C29H30F3N7O3. The van der Waals surface area contributed by atoms with Crippen molar-refractivity contribution in [2.24, 2.45) is 0 Å². The lowest BCUT2D eigenvalue weighted by atomic mass is 10.1. The van der Waals surface area contributed by atoms with Gasteiger partial charge in [-0.05, 0) is 70.0 Å². The first kappa shape index (κ1) is 28.8. The van der Waals surface area contributed by atoms with Crippen molar-refractivity contribution < 1.29 is 27.5 Å². The van der Waals surface area contributed by atoms with Crippen molar-refractivity contribution in [2.45, 2.75) is 51.4 Å². The van der Waals surface area contributed by atoms with Gasteiger partial charge in [0.2, 0.25) is 0 Å². The van der Waals surface area contributed by atoms with Gasteiger partial charge in [0.1, 0.15) is 23.4 Å². The summed E-state index contributed by atoms with van der Waals surface area (Å²) in [6.07, 6.45) is -1.96. The number of nitrogens with zero attached hydrogens (tertiary/aromatic N) is 5. The number of benzene rings is 2. The van der Waals surface area contributed by atoms with E-state index in [1.807, 2.05) is 20.8 Å². The number of ether oxygens (including phenoxy) is 1. The molecule has 2 aromatic heterocycles. The minimum Gasteiger partial charge on any atom is -0.444 e. The Kier molecular flexibility index (Phi) is 7.52. The normalized spacial score (nSPS) is 16.0. The molecule has 0 radical (unpaired) electrons. The summed E-state index contributed by atoms with van der Waals surface area (Å²) in [6.45, 7) is 6.44. The minimum absolute atomic E-state index is 0.0923. The Balaban J connectivity index is 1.38. The van der Waals surface area contributed by atoms with Crippen LogP contribution < -0.4 is 11.1 Å². The molecular weight excluding hydrogens is 551 g/mol. The molecule has 4 aromatic rings. The molecule has 0 saturated carbocycles. The molecule has 0 aliphatic carbocycles. The summed E-state index contributed by atoms with van der Waals surface area (Å²) in [5.74, 6) is -0.295. The van der Waals surface area contributed by atoms with Crippen LogP contribution >= 0.6 is 0 Å². The first-order chi connectivity index (χ1) is 19.8. The summed E-state index contributed by atoms with van der Waals surface area (Å²) in [7, 11) is 0. The molecule has 13 heteroatoms. The number of hydrogen-bond donors (Lipinski definition) is 2. The van der Waals surface area contributed by atoms with E-state index >= 15 is 0 Å². The zero-order valence-electron chi connectivity index (χ0n) is 23.3. The molecule has 3 heterocycles. The second kappa shape index (κ2) is 11.0. The first-order valence-corrected chi connectivity index (χ1v) is 13.4. The zero-order chi connectivity index (χ0) is 30.2. The molecule has 0 bridgehead atoms. The first-order valence-electron chi connectivity index (χ1n) is 13.4. The fourth-order valence-corrected chi connectivity index (χ4v) is 4.82. The van der Waals surface area contributed by atoms with Gasteiger partial charge in [0.05, 0.1) is 17.0 Å². The number of aromatic nitrogens is 4. The van der Waals surface area contributed by atoms with Crippen LogP contribution in [0.3, 0.4) is 0 Å². The highest BCUT2D eigenvalue weighted by Gasteiger charge is 2.32. The average molecular weight is 582 g/mol. The van der Waals surface area contributed by atoms with Gasteiger partial charge in [-0.2, -0.15) is 18.3 Å². The van der Waals surface area contributed by atoms with Crippen LogP contribution in [-0.4, -0.2) is 55.3 Å². The van der Waals surface area contributed by atoms with E-state index in [1.165, 1.54) is 6.33 Å². The van der Waals surface area contributed by atoms with Crippen LogP contribution in [0.25, 0.3) is 22.3 Å². The zero-order valence-corrected chi connectivity index (χ0v) is 23.3. The highest BCUT2D eigenvalue weighted by molar-refractivity contribution is 6.04. The molecule has 10 nitrogen and oxygen atoms in total. The van der Waals surface area contributed by atoms with Crippen molar-refractivity contribution in [3.63, 3.8) is 0 Å². The van der Waals surface area contributed by atoms with Crippen LogP contribution in [0.1, 0.15) is 55.6 Å². The van der Waals surface area contributed by atoms with E-state index in [0.717, 1.165) is 37.1 Å². The van der Waals surface area contributed by atoms with Crippen molar-refractivity contribution >= 4 is 34.5 Å². The molecule has 1 saturated heterocycles. The Bertz CT molecular complexity index is 1610. The van der Waals surface area contributed by atoms with Gasteiger partial charge in [0, 0.05) is 29.9 Å². The van der Waals surface area contributed by atoms with Crippen LogP contribution in [0, 0.1) is 0 Å². The van der Waals surface area contributed by atoms with Gasteiger partial charge in [-0.25, -0.2) is 19.4 Å². The van der Waals surface area contributed by atoms with Gasteiger partial charge in [-0.15, -0.1) is 0 Å². The number of hydrogen-bond acceptors (Lipinski definition) is 7. The standard InChI is InChI=1S/C29H30F3N7O3/c1-28(2,3)42-27(41)38-14-4-5-21(15-38)39-25-22(24(33)34-16-35-25)23(37-39)17-8-12-20(13-9-17)36-26(40)18-6-10-19(11-7-18)29(30,31)32/h6-13,16,21H,4-5,14-15H2,1-3H3,(H,36,40)(H2,33,34,35). The summed E-state index contributed by atoms with van der Waals surface area (Å²) in [6, 6.07) is 10.6. The lowest BCUT2D eigenvalue weighted by molar-refractivity contribution is -0.137. The van der Waals surface area contributed by atoms with Crippen molar-refractivity contribution in [1.29, 1.82) is 0 Å². The van der Waals surface area contributed by atoms with Crippen molar-refractivity contribution in [2.75, 3.05) is 24.1 Å². The number of amides is 2. The van der Waals surface area contributed by atoms with E-state index in [9.17, 15) is 22.8 Å². The number of carbonyl (C=O) groups excluding carboxylic acids is 2. The maximum atomic E-state index is 12.8. The molecule has 1 fully saturated rings. The van der Waals surface area contributed by atoms with Crippen LogP contribution in [0.5, 0.6) is 0 Å². The largest absolute Gasteiger partial charge is 0.444 e. The predicted molar refractivity (Wildman–Crippen MR) is 151 cm³/mol. The molecule has 1 aliphatic heterocycles. The van der Waals surface area contributed by atoms with Crippen molar-refractivity contribution in [3.8, 4) is 11.3 Å². The van der Waals surface area contributed by atoms with Gasteiger partial charge >= 0.3 is 12.3 Å². The number of likely N-dealkylation sites (tertiary alicyclic amines) is 1. The third-order valence-electron chi connectivity index (χ3n) is 6.80. The van der Waals surface area contributed by atoms with Gasteiger partial charge in [0.25, 0.3) is 5.91 Å². The summed E-state index contributed by atoms with van der Waals surface area (Å²) in [5, 5.41) is 8.11. The predicted octanol–water partition coefficient (Wildman–Crippen LogP) is 5.92. The number of carbonyl (C=O) groups is 2. The molecule has 42 heavy (non-hydrogen) atoms. The van der Waals surface area contributed by atoms with E-state index < -0.39 is 23.2 Å². The Hall–Kier alpha value is -4.68. The molecule has 3 N–H and O–H groups in total. The minimum atomic E-state index is -4.48. The molecule has 1 aliphatic rings. The molecule has 220 valence electrons. The van der Waals surface area contributed by atoms with Crippen LogP contribution in [0.15, 0.2) is 54.9 Å². The lowest BCUT2D eigenvalue weighted by Crippen LogP contribution is -2.43. The summed E-state index contributed by atoms with van der Waals surface area (Å²) < 4.78 is 45.8. The Morgan fingerprint density at radius 3 is 2.36 bits per heavy atom. The van der Waals surface area contributed by atoms with E-state index in [1.54, 1.807) is 33.8 Å². The second-order valence-electron chi connectivity index (χ2n) is 11.1. The Labute approximate surface area is 239 Å². The number of alkyl halides is 3. The number of halogens is 3. The molecule has 5 rings (SSSR count). The molecule has 2 amide bonds. The van der Waals surface area contributed by atoms with Crippen LogP contribution in [-0.2, 0) is 10.9 Å². The average Bonchev–Trinajstić information content (AvgIpc) is 3.33. The number of nitrogens with two attached hydrogens (primary N) is 1. The maximum absolute atomic E-state index is 12.8. The number of nitrogens with one attached hydrogen (secondary N) is 1. The molecule has 1 atom stereocenters. The third kappa shape index (κ3) is 6.14. The van der Waals surface area contributed by atoms with Gasteiger partial charge < -0.3 is 20.7 Å². The summed E-state index contributed by atoms with van der Waals surface area (Å²) in [5.41, 5.74) is 7.12. The van der Waals surface area contributed by atoms with E-state index in [4.69, 9.17) is 15.6 Å². The fraction of sp³-hybridized carbons (Fsp3) is 0.345. The van der Waals surface area contributed by atoms with E-state index in [-0.39, 0.29) is 23.5 Å². The SMILES string of the molecule is CC(C)(C)OC(=O)N1CCCC(n2nc(-c3ccc(NC(=O)c4ccc(C(F)(F)F)cc4)cc3)c3c(N)ncnc32)C1. The number of nitrogen functional groups attached to an aromatic ring is 1. The van der Waals surface area contributed by atoms with Crippen molar-refractivity contribution in [1.82, 2.24) is 24.6 Å². The molecule has 1 unspecified atom stereocenters. The number of fused-ring (bicyclic) bond motifs is 1. The highest BCUT2D eigenvalue weighted by atomic mass is 19.4. The van der Waals surface area contributed by atoms with Gasteiger partial charge in [-0.1, -0.05) is 12.1 Å². The lowest BCUT2D eigenvalue weighted by Gasteiger charge is -2.34. The highest BCUT2D eigenvalue weighted by Crippen LogP contribution is 2.34. The van der Waals surface area contributed by atoms with Crippen molar-refractivity contribution in [3.05, 3.63) is 66.0 Å². The van der Waals surface area contributed by atoms with E-state index in [2.05, 4.69) is 15.3 Å². The number of piperidine rings is 1. The summed E-state index contributed by atoms with van der Waals surface area (Å²) in [4.78, 5) is 35.6. The van der Waals surface area contributed by atoms with Gasteiger partial charge in [-0.3, -0.25) is 4.79 Å². The third-order valence-corrected chi connectivity index (χ3v) is 6.80. The summed E-state index contributed by atoms with van der Waals surface area (Å²) >= 11 is 0. The molecule has 2 aromatic carbocycles. The monoisotopic (exact) mass is 581 g/mol. The molecule has 0 spiro atoms. The Morgan fingerprint density at radius 1 is 1.02 bits per heavy atom. The maximum Gasteiger partial charge on any atom is 0.416 e. The fourth-order valence-electron chi connectivity index (χ4n) is 4.82. The van der Waals surface area contributed by atoms with E-state index in [0.29, 0.717) is 41.1 Å².